The topological polar surface area (TPSA) is 53.5 Å². The Bertz CT molecular complexity index is 709. The van der Waals surface area contributed by atoms with Crippen LogP contribution in [0.15, 0.2) is 18.2 Å². The highest BCUT2D eigenvalue weighted by Crippen LogP contribution is 2.43. The number of aryl methyl sites for hydroxylation is 1. The number of piperidine rings is 2. The zero-order chi connectivity index (χ0) is 18.3. The van der Waals surface area contributed by atoms with Gasteiger partial charge in [0.1, 0.15) is 0 Å². The third-order valence-corrected chi connectivity index (χ3v) is 6.61. The fourth-order valence-corrected chi connectivity index (χ4v) is 4.64. The van der Waals surface area contributed by atoms with Crippen molar-refractivity contribution >= 4 is 11.8 Å². The van der Waals surface area contributed by atoms with Gasteiger partial charge in [0.15, 0.2) is 0 Å². The van der Waals surface area contributed by atoms with Crippen LogP contribution in [0, 0.1) is 24.2 Å². The number of amides is 2. The minimum atomic E-state index is 0.184. The summed E-state index contributed by atoms with van der Waals surface area (Å²) in [5.74, 6) is 1.45. The maximum Gasteiger partial charge on any atom is 0.225 e. The van der Waals surface area contributed by atoms with Crippen molar-refractivity contribution in [1.82, 2.24) is 14.8 Å². The van der Waals surface area contributed by atoms with Gasteiger partial charge >= 0.3 is 0 Å². The Labute approximate surface area is 155 Å². The number of nitrogens with zero attached hydrogens (tertiary/aromatic N) is 3. The molecule has 3 heterocycles. The molecule has 2 aliphatic heterocycles. The largest absolute Gasteiger partial charge is 0.342 e. The average molecular weight is 355 g/mol. The van der Waals surface area contributed by atoms with Crippen LogP contribution in [-0.2, 0) is 16.1 Å². The molecule has 2 saturated heterocycles. The van der Waals surface area contributed by atoms with E-state index in [1.807, 2.05) is 30.0 Å². The fourth-order valence-electron chi connectivity index (χ4n) is 4.64. The first kappa shape index (κ1) is 17.5. The van der Waals surface area contributed by atoms with E-state index in [1.165, 1.54) is 0 Å². The van der Waals surface area contributed by atoms with Crippen LogP contribution in [0.1, 0.15) is 50.4 Å². The van der Waals surface area contributed by atoms with E-state index in [2.05, 4.69) is 16.8 Å². The van der Waals surface area contributed by atoms with Crippen molar-refractivity contribution in [2.45, 2.75) is 52.5 Å². The Morgan fingerprint density at radius 1 is 1.27 bits per heavy atom. The molecule has 2 amide bonds. The SMILES string of the molecule is Cc1cccc(CN2CC3(CCC2=O)CCN(C(=O)[C@H]2C[C@H]2C)CC3)n1. The van der Waals surface area contributed by atoms with Crippen molar-refractivity contribution in [2.75, 3.05) is 19.6 Å². The Balaban J connectivity index is 1.38. The molecule has 0 unspecified atom stereocenters. The molecule has 5 heteroatoms. The average Bonchev–Trinajstić information content (AvgIpc) is 3.35. The molecule has 2 atom stereocenters. The number of carbonyl (C=O) groups excluding carboxylic acids is 2. The van der Waals surface area contributed by atoms with Gasteiger partial charge in [0, 0.05) is 37.7 Å². The predicted octanol–water partition coefficient (Wildman–Crippen LogP) is 2.78. The lowest BCUT2D eigenvalue weighted by atomic mass is 9.72. The van der Waals surface area contributed by atoms with Gasteiger partial charge in [-0.15, -0.1) is 0 Å². The minimum Gasteiger partial charge on any atom is -0.342 e. The summed E-state index contributed by atoms with van der Waals surface area (Å²) in [5, 5.41) is 0. The minimum absolute atomic E-state index is 0.184. The maximum atomic E-state index is 12.5. The Hall–Kier alpha value is -1.91. The highest BCUT2D eigenvalue weighted by Gasteiger charge is 2.45. The normalized spacial score (nSPS) is 27.7. The third-order valence-electron chi connectivity index (χ3n) is 6.61. The Kier molecular flexibility index (Phi) is 4.49. The molecule has 1 aliphatic carbocycles. The summed E-state index contributed by atoms with van der Waals surface area (Å²) in [6.07, 6.45) is 4.69. The molecule has 3 fully saturated rings. The van der Waals surface area contributed by atoms with E-state index in [0.717, 1.165) is 56.7 Å². The summed E-state index contributed by atoms with van der Waals surface area (Å²) in [6, 6.07) is 5.99. The highest BCUT2D eigenvalue weighted by molar-refractivity contribution is 5.81. The first-order chi connectivity index (χ1) is 12.5. The van der Waals surface area contributed by atoms with Crippen molar-refractivity contribution in [3.63, 3.8) is 0 Å². The molecule has 4 rings (SSSR count). The van der Waals surface area contributed by atoms with Gasteiger partial charge in [-0.2, -0.15) is 0 Å². The van der Waals surface area contributed by atoms with Gasteiger partial charge in [-0.3, -0.25) is 14.6 Å². The lowest BCUT2D eigenvalue weighted by Gasteiger charge is -2.47. The summed E-state index contributed by atoms with van der Waals surface area (Å²) in [4.78, 5) is 33.6. The number of likely N-dealkylation sites (tertiary alicyclic amines) is 2. The van der Waals surface area contributed by atoms with Crippen LogP contribution in [0.3, 0.4) is 0 Å². The van der Waals surface area contributed by atoms with E-state index in [-0.39, 0.29) is 17.2 Å². The van der Waals surface area contributed by atoms with Crippen LogP contribution in [0.25, 0.3) is 0 Å². The monoisotopic (exact) mass is 355 g/mol. The first-order valence-corrected chi connectivity index (χ1v) is 9.95. The fraction of sp³-hybridized carbons (Fsp3) is 0.667. The van der Waals surface area contributed by atoms with Crippen LogP contribution in [0.5, 0.6) is 0 Å². The number of aromatic nitrogens is 1. The van der Waals surface area contributed by atoms with Gasteiger partial charge in [-0.25, -0.2) is 0 Å². The summed E-state index contributed by atoms with van der Waals surface area (Å²) in [7, 11) is 0. The molecule has 140 valence electrons. The van der Waals surface area contributed by atoms with Crippen LogP contribution in [-0.4, -0.2) is 46.2 Å². The quantitative estimate of drug-likeness (QED) is 0.838. The number of hydrogen-bond acceptors (Lipinski definition) is 3. The molecule has 26 heavy (non-hydrogen) atoms. The second kappa shape index (κ2) is 6.67. The van der Waals surface area contributed by atoms with E-state index in [0.29, 0.717) is 24.8 Å². The van der Waals surface area contributed by atoms with E-state index in [1.54, 1.807) is 0 Å². The Morgan fingerprint density at radius 2 is 2.00 bits per heavy atom. The van der Waals surface area contributed by atoms with Crippen molar-refractivity contribution in [2.24, 2.45) is 17.3 Å². The number of pyridine rings is 1. The van der Waals surface area contributed by atoms with Gasteiger partial charge in [0.25, 0.3) is 0 Å². The van der Waals surface area contributed by atoms with Gasteiger partial charge in [0.2, 0.25) is 11.8 Å². The van der Waals surface area contributed by atoms with E-state index >= 15 is 0 Å². The van der Waals surface area contributed by atoms with Gasteiger partial charge in [-0.05, 0) is 56.1 Å². The van der Waals surface area contributed by atoms with Crippen molar-refractivity contribution < 1.29 is 9.59 Å². The smallest absolute Gasteiger partial charge is 0.225 e. The lowest BCUT2D eigenvalue weighted by Crippen LogP contribution is -2.52. The summed E-state index contributed by atoms with van der Waals surface area (Å²) < 4.78 is 0. The van der Waals surface area contributed by atoms with Crippen molar-refractivity contribution in [1.29, 1.82) is 0 Å². The summed E-state index contributed by atoms with van der Waals surface area (Å²) in [5.41, 5.74) is 2.14. The summed E-state index contributed by atoms with van der Waals surface area (Å²) in [6.45, 7) is 7.27. The molecule has 0 bridgehead atoms. The molecule has 1 spiro atoms. The van der Waals surface area contributed by atoms with Gasteiger partial charge < -0.3 is 9.80 Å². The first-order valence-electron chi connectivity index (χ1n) is 9.95. The molecule has 1 aromatic heterocycles. The summed E-state index contributed by atoms with van der Waals surface area (Å²) >= 11 is 0. The second-order valence-corrected chi connectivity index (χ2v) is 8.66. The van der Waals surface area contributed by atoms with Gasteiger partial charge in [0.05, 0.1) is 12.2 Å². The second-order valence-electron chi connectivity index (χ2n) is 8.66. The molecule has 0 radical (unpaired) electrons. The molecular weight excluding hydrogens is 326 g/mol. The Morgan fingerprint density at radius 3 is 2.65 bits per heavy atom. The number of rotatable bonds is 3. The van der Waals surface area contributed by atoms with E-state index < -0.39 is 0 Å². The molecule has 0 aromatic carbocycles. The van der Waals surface area contributed by atoms with E-state index in [9.17, 15) is 9.59 Å². The molecule has 1 aromatic rings. The zero-order valence-electron chi connectivity index (χ0n) is 15.9. The molecule has 3 aliphatic rings. The van der Waals surface area contributed by atoms with Crippen LogP contribution in [0.4, 0.5) is 0 Å². The standard InChI is InChI=1S/C21H29N3O2/c1-15-12-18(15)20(26)23-10-8-21(9-11-23)7-6-19(25)24(14-21)13-17-5-3-4-16(2)22-17/h3-5,15,18H,6-14H2,1-2H3/t15-,18+/m1/s1. The molecule has 0 N–H and O–H groups in total. The van der Waals surface area contributed by atoms with Crippen molar-refractivity contribution in [3.05, 3.63) is 29.6 Å². The van der Waals surface area contributed by atoms with Crippen LogP contribution >= 0.6 is 0 Å². The lowest BCUT2D eigenvalue weighted by molar-refractivity contribution is -0.143. The van der Waals surface area contributed by atoms with Crippen LogP contribution in [0.2, 0.25) is 0 Å². The third kappa shape index (κ3) is 3.49. The highest BCUT2D eigenvalue weighted by atomic mass is 16.2. The molecule has 1 saturated carbocycles. The molecule has 5 nitrogen and oxygen atoms in total. The van der Waals surface area contributed by atoms with Gasteiger partial charge in [-0.1, -0.05) is 13.0 Å². The zero-order valence-corrected chi connectivity index (χ0v) is 15.9. The maximum absolute atomic E-state index is 12.5. The van der Waals surface area contributed by atoms with Crippen molar-refractivity contribution in [3.8, 4) is 0 Å². The molecular formula is C21H29N3O2. The van der Waals surface area contributed by atoms with Crippen LogP contribution < -0.4 is 0 Å². The van der Waals surface area contributed by atoms with E-state index in [4.69, 9.17) is 0 Å². The predicted molar refractivity (Wildman–Crippen MR) is 99.1 cm³/mol. The number of carbonyl (C=O) groups is 2. The number of hydrogen-bond donors (Lipinski definition) is 0.